The molecule has 3 heteroatoms. The minimum absolute atomic E-state index is 0.442. The fourth-order valence-corrected chi connectivity index (χ4v) is 2.15. The van der Waals surface area contributed by atoms with Crippen molar-refractivity contribution >= 4 is 0 Å². The van der Waals surface area contributed by atoms with E-state index in [-0.39, 0.29) is 0 Å². The molecular weight excluding hydrogens is 222 g/mol. The monoisotopic (exact) mass is 251 g/mol. The molecule has 0 spiro atoms. The first-order valence-electron chi connectivity index (χ1n) is 7.07. The molecule has 0 saturated carbocycles. The van der Waals surface area contributed by atoms with Crippen LogP contribution < -0.4 is 5.32 Å². The Labute approximate surface area is 112 Å². The van der Waals surface area contributed by atoms with Crippen molar-refractivity contribution in [1.82, 2.24) is 15.1 Å². The van der Waals surface area contributed by atoms with Crippen LogP contribution in [0, 0.1) is 32.6 Å². The number of nitrogens with zero attached hydrogens (tertiary/aromatic N) is 2. The summed E-state index contributed by atoms with van der Waals surface area (Å²) in [6.45, 7) is 17.6. The van der Waals surface area contributed by atoms with E-state index in [4.69, 9.17) is 0 Å². The highest BCUT2D eigenvalue weighted by molar-refractivity contribution is 5.22. The van der Waals surface area contributed by atoms with Crippen molar-refractivity contribution in [2.24, 2.45) is 11.8 Å². The Balaban J connectivity index is 2.62. The smallest absolute Gasteiger partial charge is 0.0625 e. The number of aryl methyl sites for hydroxylation is 1. The minimum Gasteiger partial charge on any atom is -0.316 e. The quantitative estimate of drug-likeness (QED) is 0.841. The van der Waals surface area contributed by atoms with E-state index < -0.39 is 0 Å². The zero-order valence-corrected chi connectivity index (χ0v) is 13.0. The molecular formula is C15H29N3. The molecule has 0 aliphatic heterocycles. The van der Waals surface area contributed by atoms with E-state index in [9.17, 15) is 0 Å². The van der Waals surface area contributed by atoms with Crippen molar-refractivity contribution < 1.29 is 0 Å². The third-order valence-corrected chi connectivity index (χ3v) is 3.91. The highest BCUT2D eigenvalue weighted by atomic mass is 15.3. The Bertz CT molecular complexity index is 379. The molecule has 0 aromatic carbocycles. The molecule has 1 aromatic rings. The summed E-state index contributed by atoms with van der Waals surface area (Å²) in [5, 5.41) is 8.20. The van der Waals surface area contributed by atoms with Gasteiger partial charge in [-0.1, -0.05) is 20.8 Å². The number of hydrogen-bond acceptors (Lipinski definition) is 2. The minimum atomic E-state index is 0.442. The third kappa shape index (κ3) is 3.58. The molecule has 1 heterocycles. The fourth-order valence-electron chi connectivity index (χ4n) is 2.15. The van der Waals surface area contributed by atoms with Gasteiger partial charge in [0.15, 0.2) is 0 Å². The van der Waals surface area contributed by atoms with Crippen LogP contribution in [-0.2, 0) is 0 Å². The van der Waals surface area contributed by atoms with E-state index in [0.29, 0.717) is 17.9 Å². The molecule has 1 N–H and O–H groups in total. The molecule has 2 unspecified atom stereocenters. The summed E-state index contributed by atoms with van der Waals surface area (Å²) in [5.41, 5.74) is 3.78. The van der Waals surface area contributed by atoms with E-state index in [1.54, 1.807) is 0 Å². The van der Waals surface area contributed by atoms with Gasteiger partial charge in [0.1, 0.15) is 0 Å². The number of aromatic nitrogens is 2. The predicted molar refractivity (Wildman–Crippen MR) is 78.0 cm³/mol. The van der Waals surface area contributed by atoms with Crippen molar-refractivity contribution in [3.05, 3.63) is 17.0 Å². The second-order valence-electron chi connectivity index (χ2n) is 6.01. The third-order valence-electron chi connectivity index (χ3n) is 3.91. The van der Waals surface area contributed by atoms with Crippen molar-refractivity contribution in [3.63, 3.8) is 0 Å². The summed E-state index contributed by atoms with van der Waals surface area (Å²) in [4.78, 5) is 0. The molecule has 0 radical (unpaired) electrons. The lowest BCUT2D eigenvalue weighted by molar-refractivity contribution is 0.327. The molecule has 0 fully saturated rings. The lowest BCUT2D eigenvalue weighted by Gasteiger charge is -2.23. The van der Waals surface area contributed by atoms with Gasteiger partial charge in [-0.2, -0.15) is 5.10 Å². The molecule has 18 heavy (non-hydrogen) atoms. The van der Waals surface area contributed by atoms with E-state index in [1.165, 1.54) is 11.3 Å². The number of hydrogen-bond donors (Lipinski definition) is 1. The summed E-state index contributed by atoms with van der Waals surface area (Å²) in [7, 11) is 0. The highest BCUT2D eigenvalue weighted by Gasteiger charge is 2.18. The normalized spacial score (nSPS) is 15.1. The molecule has 3 nitrogen and oxygen atoms in total. The van der Waals surface area contributed by atoms with Gasteiger partial charge in [-0.15, -0.1) is 0 Å². The van der Waals surface area contributed by atoms with Crippen LogP contribution in [0.3, 0.4) is 0 Å². The Morgan fingerprint density at radius 1 is 1.06 bits per heavy atom. The fraction of sp³-hybridized carbons (Fsp3) is 0.800. The summed E-state index contributed by atoms with van der Waals surface area (Å²) < 4.78 is 2.19. The lowest BCUT2D eigenvalue weighted by Crippen LogP contribution is -2.30. The summed E-state index contributed by atoms with van der Waals surface area (Å²) in [5.74, 6) is 1.30. The van der Waals surface area contributed by atoms with Gasteiger partial charge in [-0.3, -0.25) is 4.68 Å². The number of rotatable bonds is 6. The summed E-state index contributed by atoms with van der Waals surface area (Å²) in [6.07, 6.45) is 0. The van der Waals surface area contributed by atoms with Gasteiger partial charge in [0, 0.05) is 5.69 Å². The van der Waals surface area contributed by atoms with Gasteiger partial charge in [0.2, 0.25) is 0 Å². The second kappa shape index (κ2) is 6.37. The molecule has 0 aliphatic carbocycles. The predicted octanol–water partition coefficient (Wildman–Crippen LogP) is 3.25. The highest BCUT2D eigenvalue weighted by Crippen LogP contribution is 2.21. The summed E-state index contributed by atoms with van der Waals surface area (Å²) in [6, 6.07) is 0.442. The molecule has 0 aliphatic rings. The van der Waals surface area contributed by atoms with Gasteiger partial charge in [0.05, 0.1) is 11.7 Å². The van der Waals surface area contributed by atoms with Gasteiger partial charge < -0.3 is 5.32 Å². The van der Waals surface area contributed by atoms with Crippen LogP contribution in [0.2, 0.25) is 0 Å². The molecule has 0 amide bonds. The van der Waals surface area contributed by atoms with Crippen LogP contribution in [0.5, 0.6) is 0 Å². The van der Waals surface area contributed by atoms with Crippen LogP contribution >= 0.6 is 0 Å². The molecule has 1 rings (SSSR count). The lowest BCUT2D eigenvalue weighted by atomic mass is 10.0. The van der Waals surface area contributed by atoms with Gasteiger partial charge in [-0.05, 0) is 58.2 Å². The van der Waals surface area contributed by atoms with Crippen LogP contribution in [0.15, 0.2) is 0 Å². The van der Waals surface area contributed by atoms with Gasteiger partial charge in [0.25, 0.3) is 0 Å². The van der Waals surface area contributed by atoms with Crippen LogP contribution in [-0.4, -0.2) is 22.9 Å². The standard InChI is InChI=1S/C15H29N3/c1-10(2)8-16-9-11(3)14(6)18-15(7)12(4)13(5)17-18/h10-11,14,16H,8-9H2,1-7H3. The maximum atomic E-state index is 4.66. The van der Waals surface area contributed by atoms with E-state index in [2.05, 4.69) is 63.6 Å². The molecule has 0 bridgehead atoms. The Hall–Kier alpha value is -0.830. The molecule has 104 valence electrons. The second-order valence-corrected chi connectivity index (χ2v) is 6.01. The van der Waals surface area contributed by atoms with E-state index in [0.717, 1.165) is 18.8 Å². The maximum absolute atomic E-state index is 4.66. The zero-order valence-electron chi connectivity index (χ0n) is 13.0. The summed E-state index contributed by atoms with van der Waals surface area (Å²) >= 11 is 0. The van der Waals surface area contributed by atoms with Crippen molar-refractivity contribution in [2.75, 3.05) is 13.1 Å². The topological polar surface area (TPSA) is 29.9 Å². The molecule has 1 aromatic heterocycles. The van der Waals surface area contributed by atoms with Crippen LogP contribution in [0.25, 0.3) is 0 Å². The first-order valence-corrected chi connectivity index (χ1v) is 7.07. The largest absolute Gasteiger partial charge is 0.316 e. The van der Waals surface area contributed by atoms with E-state index in [1.807, 2.05) is 0 Å². The number of nitrogens with one attached hydrogen (secondary N) is 1. The maximum Gasteiger partial charge on any atom is 0.0625 e. The van der Waals surface area contributed by atoms with Gasteiger partial charge in [-0.25, -0.2) is 0 Å². The average molecular weight is 251 g/mol. The molecule has 2 atom stereocenters. The van der Waals surface area contributed by atoms with Crippen molar-refractivity contribution in [1.29, 1.82) is 0 Å². The SMILES string of the molecule is Cc1nn(C(C)C(C)CNCC(C)C)c(C)c1C. The van der Waals surface area contributed by atoms with Crippen molar-refractivity contribution in [3.8, 4) is 0 Å². The van der Waals surface area contributed by atoms with E-state index >= 15 is 0 Å². The van der Waals surface area contributed by atoms with Gasteiger partial charge >= 0.3 is 0 Å². The Morgan fingerprint density at radius 2 is 1.67 bits per heavy atom. The van der Waals surface area contributed by atoms with Crippen LogP contribution in [0.1, 0.15) is 50.7 Å². The van der Waals surface area contributed by atoms with Crippen molar-refractivity contribution in [2.45, 2.75) is 54.5 Å². The zero-order chi connectivity index (χ0) is 13.9. The Kier molecular flexibility index (Phi) is 5.39. The van der Waals surface area contributed by atoms with Crippen LogP contribution in [0.4, 0.5) is 0 Å². The Morgan fingerprint density at radius 3 is 2.11 bits per heavy atom. The average Bonchev–Trinajstić information content (AvgIpc) is 2.55. The first-order chi connectivity index (χ1) is 8.34. The first kappa shape index (κ1) is 15.2. The molecule has 0 saturated heterocycles.